The van der Waals surface area contributed by atoms with E-state index in [1.807, 2.05) is 95.9 Å². The van der Waals surface area contributed by atoms with Gasteiger partial charge in [0.15, 0.2) is 6.79 Å². The van der Waals surface area contributed by atoms with Gasteiger partial charge in [-0.1, -0.05) is 35.4 Å². The Morgan fingerprint density at radius 1 is 0.662 bits per heavy atom. The Hall–Kier alpha value is -5.02. The van der Waals surface area contributed by atoms with Crippen LogP contribution in [0.1, 0.15) is 59.1 Å². The van der Waals surface area contributed by atoms with Crippen molar-refractivity contribution < 1.29 is 40.6 Å². The first-order valence-corrected chi connectivity index (χ1v) is 27.2. The van der Waals surface area contributed by atoms with Crippen molar-refractivity contribution in [2.24, 2.45) is 11.8 Å². The first kappa shape index (κ1) is 58.5. The molecule has 1 N–H and O–H groups in total. The predicted octanol–water partition coefficient (Wildman–Crippen LogP) is 5.92. The summed E-state index contributed by atoms with van der Waals surface area (Å²) in [7, 11) is -0.308. The van der Waals surface area contributed by atoms with E-state index in [2.05, 4.69) is 42.0 Å². The number of hydrogen-bond donors (Lipinski definition) is 1. The minimum Gasteiger partial charge on any atom is -0.441 e. The first-order chi connectivity index (χ1) is 33.8. The molecule has 0 unspecified atom stereocenters. The number of sulfonamides is 2. The van der Waals surface area contributed by atoms with Crippen molar-refractivity contribution in [3.8, 4) is 0 Å². The molecule has 2 saturated heterocycles. The van der Waals surface area contributed by atoms with Crippen LogP contribution in [0.25, 0.3) is 0 Å². The van der Waals surface area contributed by atoms with Gasteiger partial charge >= 0.3 is 0 Å². The minimum atomic E-state index is -3.63. The number of benzene rings is 2. The summed E-state index contributed by atoms with van der Waals surface area (Å²) in [4.78, 5) is 37.8. The zero-order chi connectivity index (χ0) is 52.1. The van der Waals surface area contributed by atoms with Crippen LogP contribution < -0.4 is 15.1 Å². The monoisotopic (exact) mass is 1020 g/mol. The number of pyridine rings is 2. The molecular formula is C52H78N8O9S2. The third kappa shape index (κ3) is 17.9. The highest BCUT2D eigenvalue weighted by molar-refractivity contribution is 7.89. The van der Waals surface area contributed by atoms with Gasteiger partial charge in [-0.05, 0) is 139 Å². The molecule has 0 radical (unpaired) electrons. The number of ether oxygens (including phenoxy) is 3. The van der Waals surface area contributed by atoms with Crippen LogP contribution in [0.2, 0.25) is 0 Å². The van der Waals surface area contributed by atoms with E-state index in [1.54, 1.807) is 32.8 Å². The molecule has 6 rings (SSSR count). The summed E-state index contributed by atoms with van der Waals surface area (Å²) in [6, 6.07) is 15.7. The summed E-state index contributed by atoms with van der Waals surface area (Å²) in [5.41, 5.74) is 7.49. The van der Waals surface area contributed by atoms with Crippen LogP contribution in [0.5, 0.6) is 0 Å². The SMILES string of the molecule is CNCC1CCN(c2ccncc2)CC1.Cc1cc(C)c(S(=O)(=O)N(C)CCOCC(=O)N(C)CC2CCN(c3ccncc3)CC2)c(C)c1.Cc1cc(C)c(S(=O)(=O)N(C)CCOCOC=O)c(C)c1. The number of carbonyl (C=O) groups excluding carboxylic acids is 2. The van der Waals surface area contributed by atoms with Crippen molar-refractivity contribution in [1.29, 1.82) is 0 Å². The molecular weight excluding hydrogens is 945 g/mol. The van der Waals surface area contributed by atoms with E-state index in [0.29, 0.717) is 22.3 Å². The van der Waals surface area contributed by atoms with Crippen LogP contribution in [0.15, 0.2) is 83.1 Å². The Kier molecular flexibility index (Phi) is 23.8. The highest BCUT2D eigenvalue weighted by Crippen LogP contribution is 2.27. The second-order valence-corrected chi connectivity index (χ2v) is 22.5. The van der Waals surface area contributed by atoms with Crippen molar-refractivity contribution in [3.63, 3.8) is 0 Å². The molecule has 0 aliphatic carbocycles. The van der Waals surface area contributed by atoms with Crippen LogP contribution in [-0.4, -0.2) is 160 Å². The van der Waals surface area contributed by atoms with E-state index in [9.17, 15) is 26.4 Å². The molecule has 0 atom stereocenters. The van der Waals surface area contributed by atoms with Gasteiger partial charge in [-0.15, -0.1) is 0 Å². The normalized spacial score (nSPS) is 14.6. The van der Waals surface area contributed by atoms with Crippen molar-refractivity contribution in [3.05, 3.63) is 107 Å². The van der Waals surface area contributed by atoms with E-state index in [-0.39, 0.29) is 52.1 Å². The molecule has 392 valence electrons. The Morgan fingerprint density at radius 3 is 1.45 bits per heavy atom. The highest BCUT2D eigenvalue weighted by Gasteiger charge is 2.27. The van der Waals surface area contributed by atoms with Crippen molar-refractivity contribution in [2.45, 2.75) is 77.0 Å². The summed E-state index contributed by atoms with van der Waals surface area (Å²) in [5, 5.41) is 3.26. The van der Waals surface area contributed by atoms with Gasteiger partial charge in [-0.25, -0.2) is 16.8 Å². The largest absolute Gasteiger partial charge is 0.441 e. The Morgan fingerprint density at radius 2 is 1.06 bits per heavy atom. The fourth-order valence-electron chi connectivity index (χ4n) is 9.15. The number of aryl methyl sites for hydroxylation is 6. The number of hydrogen-bond acceptors (Lipinski definition) is 14. The molecule has 2 fully saturated rings. The van der Waals surface area contributed by atoms with Gasteiger partial charge in [0, 0.05) is 103 Å². The number of amides is 1. The van der Waals surface area contributed by atoms with Crippen molar-refractivity contribution in [2.75, 3.05) is 117 Å². The zero-order valence-corrected chi connectivity index (χ0v) is 45.2. The molecule has 2 aliphatic rings. The number of nitrogens with zero attached hydrogens (tertiary/aromatic N) is 7. The van der Waals surface area contributed by atoms with Gasteiger partial charge in [0.25, 0.3) is 6.47 Å². The smallest absolute Gasteiger partial charge is 0.295 e. The summed E-state index contributed by atoms with van der Waals surface area (Å²) in [6.45, 7) is 17.9. The van der Waals surface area contributed by atoms with Crippen LogP contribution in [-0.2, 0) is 43.8 Å². The highest BCUT2D eigenvalue weighted by atomic mass is 32.2. The molecule has 4 heterocycles. The molecule has 2 aliphatic heterocycles. The Bertz CT molecular complexity index is 2440. The Labute approximate surface area is 424 Å². The third-order valence-corrected chi connectivity index (χ3v) is 17.2. The summed E-state index contributed by atoms with van der Waals surface area (Å²) in [6.07, 6.45) is 12.0. The summed E-state index contributed by atoms with van der Waals surface area (Å²) in [5.74, 6) is 1.23. The van der Waals surface area contributed by atoms with Crippen LogP contribution in [0.4, 0.5) is 11.4 Å². The minimum absolute atomic E-state index is 0.0527. The maximum atomic E-state index is 13.0. The maximum absolute atomic E-state index is 13.0. The lowest BCUT2D eigenvalue weighted by atomic mass is 9.96. The van der Waals surface area contributed by atoms with Gasteiger partial charge in [0.1, 0.15) is 6.61 Å². The fraction of sp³-hybridized carbons (Fsp3) is 0.538. The van der Waals surface area contributed by atoms with E-state index < -0.39 is 20.0 Å². The summed E-state index contributed by atoms with van der Waals surface area (Å²) < 4.78 is 68.7. The average molecular weight is 1020 g/mol. The van der Waals surface area contributed by atoms with Gasteiger partial charge in [0.2, 0.25) is 26.0 Å². The van der Waals surface area contributed by atoms with Crippen molar-refractivity contribution in [1.82, 2.24) is 28.8 Å². The molecule has 0 saturated carbocycles. The standard InChI is InChI=1S/C26H38N4O4S.C14H21NO5S.C12H19N3/c1-20-16-21(2)26(22(3)17-20)35(32,33)29(5)14-15-34-19-25(31)28(4)18-23-8-12-30(13-9-23)24-6-10-27-11-7-24;1-11-7-12(2)14(13(3)8-11)21(17,18)15(4)5-6-19-10-20-9-16;1-13-10-11-4-8-15(9-5-11)12-2-6-14-7-3-12/h6-7,10-11,16-17,23H,8-9,12-15,18-19H2,1-5H3;7-9H,5-6,10H2,1-4H3;2-3,6-7,11,13H,4-5,8-10H2,1H3. The number of aromatic nitrogens is 2. The molecule has 1 amide bonds. The molecule has 2 aromatic carbocycles. The van der Waals surface area contributed by atoms with Crippen LogP contribution in [0, 0.1) is 53.4 Å². The topological polar surface area (TPSA) is 184 Å². The van der Waals surface area contributed by atoms with E-state index >= 15 is 0 Å². The van der Waals surface area contributed by atoms with Gasteiger partial charge in [0.05, 0.1) is 23.0 Å². The van der Waals surface area contributed by atoms with Crippen molar-refractivity contribution >= 4 is 43.8 Å². The molecule has 17 nitrogen and oxygen atoms in total. The van der Waals surface area contributed by atoms with E-state index in [1.165, 1.54) is 53.0 Å². The van der Waals surface area contributed by atoms with Gasteiger partial charge < -0.3 is 34.2 Å². The second kappa shape index (κ2) is 28.9. The summed E-state index contributed by atoms with van der Waals surface area (Å²) >= 11 is 0. The quantitative estimate of drug-likeness (QED) is 0.0590. The molecule has 19 heteroatoms. The van der Waals surface area contributed by atoms with Gasteiger partial charge in [-0.2, -0.15) is 8.61 Å². The van der Waals surface area contributed by atoms with Gasteiger partial charge in [-0.3, -0.25) is 19.6 Å². The number of rotatable bonds is 21. The van der Waals surface area contributed by atoms with E-state index in [4.69, 9.17) is 9.47 Å². The predicted molar refractivity (Wildman–Crippen MR) is 280 cm³/mol. The lowest BCUT2D eigenvalue weighted by Gasteiger charge is -2.35. The number of anilines is 2. The third-order valence-electron chi connectivity index (χ3n) is 12.8. The first-order valence-electron chi connectivity index (χ1n) is 24.3. The number of piperidine rings is 2. The lowest BCUT2D eigenvalue weighted by molar-refractivity contribution is -0.140. The number of nitrogens with one attached hydrogen (secondary N) is 1. The molecule has 2 aromatic heterocycles. The molecule has 0 spiro atoms. The second-order valence-electron chi connectivity index (χ2n) is 18.6. The molecule has 0 bridgehead atoms. The van der Waals surface area contributed by atoms with E-state index in [0.717, 1.165) is 71.8 Å². The average Bonchev–Trinajstić information content (AvgIpc) is 3.33. The maximum Gasteiger partial charge on any atom is 0.295 e. The fourth-order valence-corrected chi connectivity index (χ4v) is 12.3. The number of likely N-dealkylation sites (N-methyl/N-ethyl adjacent to an activating group) is 3. The van der Waals surface area contributed by atoms with Crippen LogP contribution >= 0.6 is 0 Å². The lowest BCUT2D eigenvalue weighted by Crippen LogP contribution is -2.40. The molecule has 71 heavy (non-hydrogen) atoms. The van der Waals surface area contributed by atoms with Crippen LogP contribution in [0.3, 0.4) is 0 Å². The number of carbonyl (C=O) groups is 2. The zero-order valence-electron chi connectivity index (χ0n) is 43.6. The molecule has 4 aromatic rings. The Balaban J connectivity index is 0.000000257.